The second-order valence-corrected chi connectivity index (χ2v) is 9.28. The Labute approximate surface area is 201 Å². The highest BCUT2D eigenvalue weighted by molar-refractivity contribution is 6.42. The highest BCUT2D eigenvalue weighted by Gasteiger charge is 2.20. The van der Waals surface area contributed by atoms with Gasteiger partial charge in [-0.1, -0.05) is 35.3 Å². The Morgan fingerprint density at radius 1 is 0.848 bits per heavy atom. The van der Waals surface area contributed by atoms with Crippen LogP contribution in [0.2, 0.25) is 10.0 Å². The summed E-state index contributed by atoms with van der Waals surface area (Å²) in [5, 5.41) is 8.37. The summed E-state index contributed by atoms with van der Waals surface area (Å²) in [6.07, 6.45) is 2.05. The standard InChI is InChI=1S/C26H21Cl2N3O2/c1-14-25-15(2)30(11-17-4-7-23-24(8-17)33-13-32-23)16(3)26(25)22-10-19(12-31(22)29-14)18-5-6-20(27)21(28)9-18/h4-10,12H,11,13H2,1-3H3. The van der Waals surface area contributed by atoms with Crippen molar-refractivity contribution in [2.24, 2.45) is 0 Å². The lowest BCUT2D eigenvalue weighted by molar-refractivity contribution is 0.174. The molecule has 0 atom stereocenters. The summed E-state index contributed by atoms with van der Waals surface area (Å²) in [5.41, 5.74) is 7.70. The molecule has 2 aromatic carbocycles. The van der Waals surface area contributed by atoms with Gasteiger partial charge in [0.25, 0.3) is 0 Å². The maximum atomic E-state index is 6.27. The molecular formula is C26H21Cl2N3O2. The van der Waals surface area contributed by atoms with Crippen LogP contribution in [0.4, 0.5) is 0 Å². The number of fused-ring (bicyclic) bond motifs is 4. The average Bonchev–Trinajstić information content (AvgIpc) is 3.49. The molecule has 0 spiro atoms. The van der Waals surface area contributed by atoms with Gasteiger partial charge in [-0.3, -0.25) is 0 Å². The summed E-state index contributed by atoms with van der Waals surface area (Å²) < 4.78 is 15.3. The van der Waals surface area contributed by atoms with Gasteiger partial charge in [-0.05, 0) is 62.2 Å². The van der Waals surface area contributed by atoms with E-state index in [1.165, 1.54) is 27.7 Å². The highest BCUT2D eigenvalue weighted by Crippen LogP contribution is 2.37. The largest absolute Gasteiger partial charge is 0.454 e. The third kappa shape index (κ3) is 3.18. The van der Waals surface area contributed by atoms with Crippen LogP contribution in [0.3, 0.4) is 0 Å². The fraction of sp³-hybridized carbons (Fsp3) is 0.192. The van der Waals surface area contributed by atoms with Gasteiger partial charge in [0.05, 0.1) is 21.3 Å². The number of aromatic nitrogens is 3. The predicted octanol–water partition coefficient (Wildman–Crippen LogP) is 6.97. The molecule has 166 valence electrons. The van der Waals surface area contributed by atoms with Crippen LogP contribution in [0.5, 0.6) is 11.5 Å². The quantitative estimate of drug-likeness (QED) is 0.281. The van der Waals surface area contributed by atoms with E-state index in [0.717, 1.165) is 40.4 Å². The monoisotopic (exact) mass is 477 g/mol. The number of benzene rings is 2. The zero-order valence-corrected chi connectivity index (χ0v) is 20.0. The van der Waals surface area contributed by atoms with Crippen LogP contribution in [0, 0.1) is 20.8 Å². The number of aryl methyl sites for hydroxylation is 3. The summed E-state index contributed by atoms with van der Waals surface area (Å²) in [5.74, 6) is 1.60. The molecule has 0 N–H and O–H groups in total. The van der Waals surface area contributed by atoms with Crippen molar-refractivity contribution in [2.45, 2.75) is 27.3 Å². The number of hydrogen-bond acceptors (Lipinski definition) is 3. The van der Waals surface area contributed by atoms with Crippen molar-refractivity contribution in [2.75, 3.05) is 6.79 Å². The fourth-order valence-corrected chi connectivity index (χ4v) is 5.16. The molecule has 5 nitrogen and oxygen atoms in total. The van der Waals surface area contributed by atoms with E-state index in [1.54, 1.807) is 0 Å². The van der Waals surface area contributed by atoms with E-state index >= 15 is 0 Å². The van der Waals surface area contributed by atoms with Gasteiger partial charge >= 0.3 is 0 Å². The summed E-state index contributed by atoms with van der Waals surface area (Å²) in [6.45, 7) is 7.43. The summed E-state index contributed by atoms with van der Waals surface area (Å²) in [6, 6.07) is 14.0. The van der Waals surface area contributed by atoms with Crippen molar-refractivity contribution in [3.05, 3.63) is 81.4 Å². The molecule has 0 saturated heterocycles. The van der Waals surface area contributed by atoms with E-state index in [1.807, 2.05) is 35.0 Å². The lowest BCUT2D eigenvalue weighted by atomic mass is 10.1. The van der Waals surface area contributed by atoms with Crippen molar-refractivity contribution in [3.63, 3.8) is 0 Å². The number of rotatable bonds is 3. The molecule has 1 aliphatic rings. The van der Waals surface area contributed by atoms with E-state index in [4.69, 9.17) is 37.8 Å². The number of ether oxygens (including phenoxy) is 2. The lowest BCUT2D eigenvalue weighted by Crippen LogP contribution is -2.03. The smallest absolute Gasteiger partial charge is 0.231 e. The lowest BCUT2D eigenvalue weighted by Gasteiger charge is -2.10. The second-order valence-electron chi connectivity index (χ2n) is 8.47. The molecule has 0 amide bonds. The van der Waals surface area contributed by atoms with Crippen molar-refractivity contribution in [3.8, 4) is 22.6 Å². The molecule has 7 heteroatoms. The molecule has 5 aromatic rings. The molecule has 0 fully saturated rings. The van der Waals surface area contributed by atoms with Gasteiger partial charge in [0.2, 0.25) is 6.79 Å². The normalized spacial score (nSPS) is 12.9. The first-order valence-electron chi connectivity index (χ1n) is 10.7. The third-order valence-corrected chi connectivity index (χ3v) is 7.23. The SMILES string of the molecule is Cc1nn2cc(-c3ccc(Cl)c(Cl)c3)cc2c2c(C)n(Cc3ccc4c(c3)OCO4)c(C)c12. The van der Waals surface area contributed by atoms with Crippen LogP contribution in [-0.4, -0.2) is 21.0 Å². The summed E-state index contributed by atoms with van der Waals surface area (Å²) in [4.78, 5) is 0. The van der Waals surface area contributed by atoms with Crippen LogP contribution in [-0.2, 0) is 6.54 Å². The first-order valence-corrected chi connectivity index (χ1v) is 11.5. The van der Waals surface area contributed by atoms with Crippen LogP contribution in [0.15, 0.2) is 48.7 Å². The molecule has 1 aliphatic heterocycles. The van der Waals surface area contributed by atoms with Crippen LogP contribution in [0.25, 0.3) is 27.4 Å². The minimum Gasteiger partial charge on any atom is -0.454 e. The number of hydrogen-bond donors (Lipinski definition) is 0. The van der Waals surface area contributed by atoms with Crippen LogP contribution in [0.1, 0.15) is 22.6 Å². The van der Waals surface area contributed by atoms with Gasteiger partial charge in [-0.15, -0.1) is 0 Å². The summed E-state index contributed by atoms with van der Waals surface area (Å²) in [7, 11) is 0. The molecule has 0 saturated carbocycles. The Balaban J connectivity index is 1.51. The Hall–Kier alpha value is -3.15. The average molecular weight is 478 g/mol. The Morgan fingerprint density at radius 2 is 1.64 bits per heavy atom. The van der Waals surface area contributed by atoms with E-state index in [9.17, 15) is 0 Å². The Morgan fingerprint density at radius 3 is 2.45 bits per heavy atom. The maximum absolute atomic E-state index is 6.27. The molecule has 0 bridgehead atoms. The van der Waals surface area contributed by atoms with Crippen molar-refractivity contribution < 1.29 is 9.47 Å². The van der Waals surface area contributed by atoms with E-state index in [-0.39, 0.29) is 6.79 Å². The predicted molar refractivity (Wildman–Crippen MR) is 132 cm³/mol. The topological polar surface area (TPSA) is 40.7 Å². The zero-order chi connectivity index (χ0) is 22.9. The van der Waals surface area contributed by atoms with E-state index in [2.05, 4.69) is 43.5 Å². The molecule has 0 radical (unpaired) electrons. The molecule has 0 aliphatic carbocycles. The summed E-state index contributed by atoms with van der Waals surface area (Å²) >= 11 is 12.4. The highest BCUT2D eigenvalue weighted by atomic mass is 35.5. The van der Waals surface area contributed by atoms with Gasteiger partial charge in [0.15, 0.2) is 11.5 Å². The van der Waals surface area contributed by atoms with Crippen molar-refractivity contribution in [1.82, 2.24) is 14.2 Å². The molecule has 6 rings (SSSR count). The van der Waals surface area contributed by atoms with Crippen LogP contribution >= 0.6 is 23.2 Å². The molecule has 3 aromatic heterocycles. The van der Waals surface area contributed by atoms with Gasteiger partial charge in [-0.25, -0.2) is 4.52 Å². The first-order chi connectivity index (χ1) is 15.9. The van der Waals surface area contributed by atoms with Gasteiger partial charge in [0, 0.05) is 40.5 Å². The van der Waals surface area contributed by atoms with E-state index in [0.29, 0.717) is 10.0 Å². The zero-order valence-electron chi connectivity index (χ0n) is 18.4. The van der Waals surface area contributed by atoms with Crippen LogP contribution < -0.4 is 9.47 Å². The van der Waals surface area contributed by atoms with Crippen molar-refractivity contribution >= 4 is 39.5 Å². The molecule has 4 heterocycles. The fourth-order valence-electron chi connectivity index (χ4n) is 4.87. The second kappa shape index (κ2) is 7.44. The van der Waals surface area contributed by atoms with Gasteiger partial charge < -0.3 is 14.0 Å². The van der Waals surface area contributed by atoms with Gasteiger partial charge in [-0.2, -0.15) is 5.10 Å². The molecule has 33 heavy (non-hydrogen) atoms. The third-order valence-electron chi connectivity index (χ3n) is 6.49. The minimum atomic E-state index is 0.280. The molecule has 0 unspecified atom stereocenters. The first kappa shape index (κ1) is 20.5. The maximum Gasteiger partial charge on any atom is 0.231 e. The minimum absolute atomic E-state index is 0.280. The Kier molecular flexibility index (Phi) is 4.61. The molecular weight excluding hydrogens is 457 g/mol. The van der Waals surface area contributed by atoms with Crippen molar-refractivity contribution in [1.29, 1.82) is 0 Å². The van der Waals surface area contributed by atoms with Gasteiger partial charge in [0.1, 0.15) is 0 Å². The Bertz CT molecular complexity index is 1580. The van der Waals surface area contributed by atoms with E-state index < -0.39 is 0 Å². The number of halogens is 2. The number of nitrogens with zero attached hydrogens (tertiary/aromatic N) is 3.